The molecule has 0 aliphatic carbocycles. The Hall–Kier alpha value is -0.153. The fourth-order valence-electron chi connectivity index (χ4n) is 1.06. The van der Waals surface area contributed by atoms with Crippen molar-refractivity contribution in [2.24, 2.45) is 5.92 Å². The zero-order valence-corrected chi connectivity index (χ0v) is 9.97. The molecule has 0 bridgehead atoms. The third kappa shape index (κ3) is 4.67. The maximum Gasteiger partial charge on any atom is 0.184 e. The van der Waals surface area contributed by atoms with E-state index in [2.05, 4.69) is 19.6 Å². The number of carbonyl (C=O) groups is 1. The maximum absolute atomic E-state index is 11.4. The molecule has 72 valence electrons. The van der Waals surface area contributed by atoms with E-state index in [0.717, 1.165) is 0 Å². The molecule has 0 radical (unpaired) electrons. The second kappa shape index (κ2) is 4.19. The Morgan fingerprint density at radius 2 is 1.58 bits per heavy atom. The molecule has 0 fully saturated rings. The van der Waals surface area contributed by atoms with Gasteiger partial charge in [-0.3, -0.25) is 4.79 Å². The largest absolute Gasteiger partial charge is 0.408 e. The Kier molecular flexibility index (Phi) is 4.13. The molecule has 0 aromatic carbocycles. The fraction of sp³-hybridized carbons (Fsp3) is 0.889. The van der Waals surface area contributed by atoms with Gasteiger partial charge in [-0.05, 0) is 26.6 Å². The van der Waals surface area contributed by atoms with Gasteiger partial charge < -0.3 is 4.43 Å². The van der Waals surface area contributed by atoms with Crippen molar-refractivity contribution in [2.75, 3.05) is 0 Å². The standard InChI is InChI=1S/C9H20O2Si/c1-7(2)9(10)8(3)11-12(4,5)6/h7-8H,1-6H3. The summed E-state index contributed by atoms with van der Waals surface area (Å²) in [6.07, 6.45) is -0.225. The van der Waals surface area contributed by atoms with E-state index in [-0.39, 0.29) is 17.8 Å². The molecule has 0 N–H and O–H groups in total. The predicted octanol–water partition coefficient (Wildman–Crippen LogP) is 2.45. The summed E-state index contributed by atoms with van der Waals surface area (Å²) in [7, 11) is -1.55. The van der Waals surface area contributed by atoms with Crippen LogP contribution < -0.4 is 0 Å². The highest BCUT2D eigenvalue weighted by Gasteiger charge is 2.24. The summed E-state index contributed by atoms with van der Waals surface area (Å²) in [5, 5.41) is 0. The third-order valence-corrected chi connectivity index (χ3v) is 2.56. The molecular weight excluding hydrogens is 168 g/mol. The lowest BCUT2D eigenvalue weighted by atomic mass is 10.1. The predicted molar refractivity (Wildman–Crippen MR) is 53.7 cm³/mol. The summed E-state index contributed by atoms with van der Waals surface area (Å²) in [4.78, 5) is 11.4. The fourth-order valence-corrected chi connectivity index (χ4v) is 2.23. The second-order valence-electron chi connectivity index (χ2n) is 4.43. The van der Waals surface area contributed by atoms with Crippen LogP contribution in [0.4, 0.5) is 0 Å². The summed E-state index contributed by atoms with van der Waals surface area (Å²) in [6, 6.07) is 0. The molecule has 0 aliphatic rings. The van der Waals surface area contributed by atoms with Crippen LogP contribution in [0.3, 0.4) is 0 Å². The van der Waals surface area contributed by atoms with E-state index in [4.69, 9.17) is 4.43 Å². The Balaban J connectivity index is 4.05. The van der Waals surface area contributed by atoms with E-state index in [9.17, 15) is 4.79 Å². The van der Waals surface area contributed by atoms with E-state index in [1.54, 1.807) is 0 Å². The molecule has 2 nitrogen and oxygen atoms in total. The smallest absolute Gasteiger partial charge is 0.184 e. The van der Waals surface area contributed by atoms with Crippen LogP contribution in [0.2, 0.25) is 19.6 Å². The van der Waals surface area contributed by atoms with Gasteiger partial charge in [0, 0.05) is 5.92 Å². The first-order valence-corrected chi connectivity index (χ1v) is 7.86. The monoisotopic (exact) mass is 188 g/mol. The highest BCUT2D eigenvalue weighted by atomic mass is 28.4. The molecule has 0 aliphatic heterocycles. The van der Waals surface area contributed by atoms with Crippen molar-refractivity contribution < 1.29 is 9.22 Å². The Morgan fingerprint density at radius 3 is 1.83 bits per heavy atom. The molecule has 0 spiro atoms. The summed E-state index contributed by atoms with van der Waals surface area (Å²) in [6.45, 7) is 11.9. The molecule has 0 aromatic rings. The van der Waals surface area contributed by atoms with Crippen LogP contribution in [0.1, 0.15) is 20.8 Å². The van der Waals surface area contributed by atoms with Crippen LogP contribution in [0.25, 0.3) is 0 Å². The minimum Gasteiger partial charge on any atom is -0.408 e. The third-order valence-electron chi connectivity index (χ3n) is 1.50. The number of rotatable bonds is 4. The lowest BCUT2D eigenvalue weighted by Gasteiger charge is -2.23. The van der Waals surface area contributed by atoms with Crippen molar-refractivity contribution in [1.29, 1.82) is 0 Å². The Bertz CT molecular complexity index is 158. The highest BCUT2D eigenvalue weighted by Crippen LogP contribution is 2.10. The van der Waals surface area contributed by atoms with Gasteiger partial charge in [0.25, 0.3) is 0 Å². The first-order valence-electron chi connectivity index (χ1n) is 4.45. The molecule has 1 unspecified atom stereocenters. The van der Waals surface area contributed by atoms with Crippen molar-refractivity contribution in [3.8, 4) is 0 Å². The van der Waals surface area contributed by atoms with Gasteiger partial charge in [0.05, 0.1) is 0 Å². The SMILES string of the molecule is CC(C)C(=O)C(C)O[Si](C)(C)C. The minimum absolute atomic E-state index is 0.0800. The summed E-state index contributed by atoms with van der Waals surface area (Å²) < 4.78 is 5.65. The van der Waals surface area contributed by atoms with E-state index < -0.39 is 8.32 Å². The van der Waals surface area contributed by atoms with Gasteiger partial charge in [-0.1, -0.05) is 13.8 Å². The van der Waals surface area contributed by atoms with Crippen molar-refractivity contribution in [3.05, 3.63) is 0 Å². The first kappa shape index (κ1) is 11.8. The lowest BCUT2D eigenvalue weighted by Crippen LogP contribution is -2.36. The summed E-state index contributed by atoms with van der Waals surface area (Å²) in [5.41, 5.74) is 0. The summed E-state index contributed by atoms with van der Waals surface area (Å²) in [5.74, 6) is 0.286. The van der Waals surface area contributed by atoms with Gasteiger partial charge in [0.15, 0.2) is 14.1 Å². The minimum atomic E-state index is -1.55. The molecule has 0 aromatic heterocycles. The van der Waals surface area contributed by atoms with E-state index in [1.807, 2.05) is 20.8 Å². The number of hydrogen-bond acceptors (Lipinski definition) is 2. The Labute approximate surface area is 76.4 Å². The van der Waals surface area contributed by atoms with E-state index in [1.165, 1.54) is 0 Å². The average molecular weight is 188 g/mol. The van der Waals surface area contributed by atoms with Crippen LogP contribution in [0, 0.1) is 5.92 Å². The van der Waals surface area contributed by atoms with Gasteiger partial charge in [0.1, 0.15) is 6.10 Å². The van der Waals surface area contributed by atoms with Crippen molar-refractivity contribution in [3.63, 3.8) is 0 Å². The molecule has 1 atom stereocenters. The maximum atomic E-state index is 11.4. The van der Waals surface area contributed by atoms with Crippen molar-refractivity contribution in [1.82, 2.24) is 0 Å². The molecule has 0 saturated carbocycles. The molecule has 0 heterocycles. The highest BCUT2D eigenvalue weighted by molar-refractivity contribution is 6.69. The molecular formula is C9H20O2Si. The topological polar surface area (TPSA) is 26.3 Å². The first-order chi connectivity index (χ1) is 5.24. The molecule has 3 heteroatoms. The average Bonchev–Trinajstić information content (AvgIpc) is 1.82. The Morgan fingerprint density at radius 1 is 1.17 bits per heavy atom. The normalized spacial score (nSPS) is 14.9. The van der Waals surface area contributed by atoms with Gasteiger partial charge in [0.2, 0.25) is 0 Å². The number of ketones is 1. The van der Waals surface area contributed by atoms with E-state index in [0.29, 0.717) is 0 Å². The quantitative estimate of drug-likeness (QED) is 0.633. The lowest BCUT2D eigenvalue weighted by molar-refractivity contribution is -0.128. The second-order valence-corrected chi connectivity index (χ2v) is 8.89. The van der Waals surface area contributed by atoms with Gasteiger partial charge in [-0.15, -0.1) is 0 Å². The van der Waals surface area contributed by atoms with Crippen LogP contribution in [0.5, 0.6) is 0 Å². The van der Waals surface area contributed by atoms with Crippen molar-refractivity contribution in [2.45, 2.75) is 46.5 Å². The van der Waals surface area contributed by atoms with E-state index >= 15 is 0 Å². The molecule has 12 heavy (non-hydrogen) atoms. The van der Waals surface area contributed by atoms with Gasteiger partial charge in [-0.25, -0.2) is 0 Å². The number of Topliss-reactive ketones (excluding diaryl/α,β-unsaturated/α-hetero) is 1. The zero-order valence-electron chi connectivity index (χ0n) is 8.97. The van der Waals surface area contributed by atoms with Crippen LogP contribution in [-0.4, -0.2) is 20.2 Å². The number of hydrogen-bond donors (Lipinski definition) is 0. The number of carbonyl (C=O) groups excluding carboxylic acids is 1. The zero-order chi connectivity index (χ0) is 9.94. The molecule has 0 rings (SSSR count). The summed E-state index contributed by atoms with van der Waals surface area (Å²) >= 11 is 0. The molecule has 0 amide bonds. The van der Waals surface area contributed by atoms with Crippen molar-refractivity contribution >= 4 is 14.1 Å². The van der Waals surface area contributed by atoms with Gasteiger partial charge in [-0.2, -0.15) is 0 Å². The molecule has 0 saturated heterocycles. The van der Waals surface area contributed by atoms with Crippen LogP contribution in [0.15, 0.2) is 0 Å². The van der Waals surface area contributed by atoms with Gasteiger partial charge >= 0.3 is 0 Å². The van der Waals surface area contributed by atoms with Crippen LogP contribution >= 0.6 is 0 Å². The van der Waals surface area contributed by atoms with Crippen LogP contribution in [-0.2, 0) is 9.22 Å².